The van der Waals surface area contributed by atoms with Gasteiger partial charge in [-0.25, -0.2) is 14.8 Å². The highest BCUT2D eigenvalue weighted by molar-refractivity contribution is 7.82. The van der Waals surface area contributed by atoms with Crippen LogP contribution < -0.4 is 0 Å². The summed E-state index contributed by atoms with van der Waals surface area (Å²) in [6.07, 6.45) is -1.04. The van der Waals surface area contributed by atoms with E-state index in [0.29, 0.717) is 11.3 Å². The van der Waals surface area contributed by atoms with E-state index in [-0.39, 0.29) is 18.3 Å². The molecule has 2 rings (SSSR count). The molecule has 1 atom stereocenters. The molecular weight excluding hydrogens is 381 g/mol. The van der Waals surface area contributed by atoms with Crippen molar-refractivity contribution in [3.05, 3.63) is 65.7 Å². The van der Waals surface area contributed by atoms with E-state index in [1.165, 1.54) is 0 Å². The number of nitrogens with zero attached hydrogens (tertiary/aromatic N) is 1. The zero-order chi connectivity index (χ0) is 20.7. The zero-order valence-electron chi connectivity index (χ0n) is 15.4. The van der Waals surface area contributed by atoms with Crippen molar-refractivity contribution in [3.8, 4) is 0 Å². The number of aryl methyl sites for hydroxylation is 1. The Hall–Kier alpha value is -2.60. The molecule has 0 aliphatic carbocycles. The van der Waals surface area contributed by atoms with E-state index in [0.717, 1.165) is 5.56 Å². The van der Waals surface area contributed by atoms with E-state index in [4.69, 9.17) is 5.11 Å². The van der Waals surface area contributed by atoms with Crippen LogP contribution in [0.5, 0.6) is 0 Å². The molecule has 0 radical (unpaired) electrons. The Kier molecular flexibility index (Phi) is 7.40. The number of hydrogen-bond acceptors (Lipinski definition) is 5. The van der Waals surface area contributed by atoms with Crippen molar-refractivity contribution in [3.63, 3.8) is 0 Å². The normalized spacial score (nSPS) is 13.2. The summed E-state index contributed by atoms with van der Waals surface area (Å²) in [5, 5.41) is 18.2. The summed E-state index contributed by atoms with van der Waals surface area (Å²) in [4.78, 5) is 48.5. The van der Waals surface area contributed by atoms with Crippen molar-refractivity contribution in [2.24, 2.45) is 10.9 Å². The summed E-state index contributed by atoms with van der Waals surface area (Å²) in [5.41, 5.74) is 1.95. The summed E-state index contributed by atoms with van der Waals surface area (Å²) in [5.74, 6) is -3.61. The number of carbonyl (C=O) groups is 2. The molecule has 2 aromatic rings. The number of aliphatic imine (C=N–C) groups is 1. The van der Waals surface area contributed by atoms with Crippen LogP contribution in [0.3, 0.4) is 0 Å². The summed E-state index contributed by atoms with van der Waals surface area (Å²) in [7, 11) is -3.95. The molecule has 0 fully saturated rings. The second kappa shape index (κ2) is 9.55. The molecule has 0 heterocycles. The zero-order valence-corrected chi connectivity index (χ0v) is 16.3. The summed E-state index contributed by atoms with van der Waals surface area (Å²) >= 11 is 0. The molecule has 1 unspecified atom stereocenters. The van der Waals surface area contributed by atoms with Gasteiger partial charge in [-0.1, -0.05) is 30.3 Å². The van der Waals surface area contributed by atoms with Crippen molar-refractivity contribution in [2.45, 2.75) is 19.8 Å². The van der Waals surface area contributed by atoms with Gasteiger partial charge in [-0.3, -0.25) is 9.59 Å². The van der Waals surface area contributed by atoms with Crippen LogP contribution in [-0.4, -0.2) is 43.6 Å². The van der Waals surface area contributed by atoms with Crippen LogP contribution in [0.15, 0.2) is 59.6 Å². The third-order valence-electron chi connectivity index (χ3n) is 4.14. The fourth-order valence-corrected chi connectivity index (χ4v) is 4.71. The Morgan fingerprint density at radius 2 is 1.71 bits per heavy atom. The topological polar surface area (TPSA) is 127 Å². The van der Waals surface area contributed by atoms with E-state index in [1.54, 1.807) is 48.5 Å². The molecule has 0 aliphatic rings. The Labute approximate surface area is 163 Å². The van der Waals surface area contributed by atoms with Crippen molar-refractivity contribution < 1.29 is 29.6 Å². The largest absolute Gasteiger partial charge is 0.481 e. The van der Waals surface area contributed by atoms with Gasteiger partial charge in [0.2, 0.25) is 5.45 Å². The first-order valence-electron chi connectivity index (χ1n) is 8.68. The average molecular weight is 404 g/mol. The number of hydrogen-bond donors (Lipinski definition) is 4. The van der Waals surface area contributed by atoms with Gasteiger partial charge >= 0.3 is 19.7 Å². The molecule has 4 N–H and O–H groups in total. The summed E-state index contributed by atoms with van der Waals surface area (Å²) < 4.78 is 0. The Morgan fingerprint density at radius 1 is 1.04 bits per heavy atom. The molecule has 28 heavy (non-hydrogen) atoms. The molecule has 0 saturated heterocycles. The molecule has 0 aromatic heterocycles. The predicted molar refractivity (Wildman–Crippen MR) is 108 cm³/mol. The maximum absolute atomic E-state index is 11.5. The van der Waals surface area contributed by atoms with E-state index in [1.807, 2.05) is 13.0 Å². The van der Waals surface area contributed by atoms with Gasteiger partial charge in [-0.05, 0) is 43.2 Å². The van der Waals surface area contributed by atoms with Crippen LogP contribution in [0.4, 0.5) is 5.69 Å². The van der Waals surface area contributed by atoms with Gasteiger partial charge in [-0.15, -0.1) is 0 Å². The number of aliphatic carboxylic acids is 2. The van der Waals surface area contributed by atoms with Crippen LogP contribution in [0, 0.1) is 12.8 Å². The molecule has 0 saturated carbocycles. The third kappa shape index (κ3) is 6.23. The highest BCUT2D eigenvalue weighted by Gasteiger charge is 2.46. The van der Waals surface area contributed by atoms with Gasteiger partial charge in [0.25, 0.3) is 0 Å². The monoisotopic (exact) mass is 404 g/mol. The second-order valence-corrected chi connectivity index (χ2v) is 8.77. The van der Waals surface area contributed by atoms with E-state index in [2.05, 4.69) is 4.99 Å². The molecule has 8 heteroatoms. The summed E-state index contributed by atoms with van der Waals surface area (Å²) in [6.45, 7) is 1.88. The van der Waals surface area contributed by atoms with Crippen LogP contribution in [0.1, 0.15) is 24.0 Å². The Morgan fingerprint density at radius 3 is 2.29 bits per heavy atom. The lowest BCUT2D eigenvalue weighted by Gasteiger charge is -2.18. The van der Waals surface area contributed by atoms with Crippen molar-refractivity contribution in [2.75, 3.05) is 6.16 Å². The highest BCUT2D eigenvalue weighted by Crippen LogP contribution is 2.56. The molecule has 0 spiro atoms. The minimum absolute atomic E-state index is 0.0141. The molecule has 0 bridgehead atoms. The number of carboxylic acids is 2. The highest BCUT2D eigenvalue weighted by atomic mass is 31.2. The van der Waals surface area contributed by atoms with Gasteiger partial charge < -0.3 is 10.2 Å². The van der Waals surface area contributed by atoms with E-state index in [9.17, 15) is 24.5 Å². The molecule has 148 valence electrons. The minimum atomic E-state index is -3.95. The first-order valence-corrected chi connectivity index (χ1v) is 10.6. The maximum atomic E-state index is 11.5. The van der Waals surface area contributed by atoms with Crippen molar-refractivity contribution in [1.82, 2.24) is 0 Å². The summed E-state index contributed by atoms with van der Waals surface area (Å²) in [6, 6.07) is 15.7. The van der Waals surface area contributed by atoms with Crippen molar-refractivity contribution in [1.29, 1.82) is 0 Å². The first kappa shape index (κ1) is 21.7. The number of benzene rings is 2. The first-order chi connectivity index (χ1) is 13.2. The molecule has 0 amide bonds. The maximum Gasteiger partial charge on any atom is 0.320 e. The van der Waals surface area contributed by atoms with Gasteiger partial charge in [0.1, 0.15) is 6.16 Å². The third-order valence-corrected chi connectivity index (χ3v) is 6.13. The second-order valence-electron chi connectivity index (χ2n) is 6.52. The molecule has 7 nitrogen and oxygen atoms in total. The van der Waals surface area contributed by atoms with Crippen molar-refractivity contribution >= 4 is 30.8 Å². The standard InChI is InChI=1S/C20H22NO6P/c1-14-6-5-9-17(12-14)21-19(15-7-3-2-4-8-15)28(26,27)13-16(20(24)25)10-11-18(22)23/h2-9,12,16,26-27H,10-11,13H2,1H3,(H-,22,23,24,25)/p+1. The molecule has 2 aromatic carbocycles. The van der Waals surface area contributed by atoms with E-state index < -0.39 is 31.7 Å². The Balaban J connectivity index is 2.43. The minimum Gasteiger partial charge on any atom is -0.481 e. The fraction of sp³-hybridized carbons (Fsp3) is 0.250. The lowest BCUT2D eigenvalue weighted by Crippen LogP contribution is -2.24. The smallest absolute Gasteiger partial charge is 0.320 e. The van der Waals surface area contributed by atoms with Crippen LogP contribution in [0.2, 0.25) is 0 Å². The lowest BCUT2D eigenvalue weighted by molar-refractivity contribution is -0.142. The predicted octanol–water partition coefficient (Wildman–Crippen LogP) is 3.47. The lowest BCUT2D eigenvalue weighted by atomic mass is 10.1. The molecular formula is C20H23NO6P+. The fourth-order valence-electron chi connectivity index (χ4n) is 2.74. The van der Waals surface area contributed by atoms with E-state index >= 15 is 0 Å². The Bertz CT molecular complexity index is 866. The van der Waals surface area contributed by atoms with Gasteiger partial charge in [0.15, 0.2) is 0 Å². The average Bonchev–Trinajstić information content (AvgIpc) is 2.63. The molecule has 0 aliphatic heterocycles. The van der Waals surface area contributed by atoms with Crippen LogP contribution in [-0.2, 0) is 9.59 Å². The van der Waals surface area contributed by atoms with Gasteiger partial charge in [0.05, 0.1) is 11.6 Å². The van der Waals surface area contributed by atoms with Crippen LogP contribution >= 0.6 is 7.72 Å². The SMILES string of the molecule is Cc1cccc(N=C(c2ccccc2)[P+](O)(O)CC(CCC(=O)O)C(=O)O)c1. The van der Waals surface area contributed by atoms with Gasteiger partial charge in [-0.2, -0.15) is 0 Å². The van der Waals surface area contributed by atoms with Crippen LogP contribution in [0.25, 0.3) is 0 Å². The van der Waals surface area contributed by atoms with Gasteiger partial charge in [0, 0.05) is 12.0 Å². The number of carboxylic acid groups (broad SMARTS) is 2. The quantitative estimate of drug-likeness (QED) is 0.374. The number of rotatable bonds is 9.